The van der Waals surface area contributed by atoms with E-state index in [9.17, 15) is 8.42 Å². The first-order valence-electron chi connectivity index (χ1n) is 12.8. The Hall–Kier alpha value is -1.15. The van der Waals surface area contributed by atoms with Gasteiger partial charge in [0.15, 0.2) is 0 Å². The second kappa shape index (κ2) is 15.0. The molecule has 0 unspecified atom stereocenters. The van der Waals surface area contributed by atoms with Gasteiger partial charge in [-0.15, -0.1) is 0 Å². The molecule has 1 aromatic rings. The van der Waals surface area contributed by atoms with Gasteiger partial charge in [-0.3, -0.25) is 0 Å². The summed E-state index contributed by atoms with van der Waals surface area (Å²) in [6.07, 6.45) is 12.6. The molecule has 0 spiro atoms. The van der Waals surface area contributed by atoms with E-state index >= 15 is 0 Å². The average molecular weight is 483 g/mol. The highest BCUT2D eigenvalue weighted by molar-refractivity contribution is 7.89. The minimum atomic E-state index is -3.49. The number of nitrogens with zero attached hydrogens (tertiary/aromatic N) is 2. The number of benzene rings is 1. The fourth-order valence-corrected chi connectivity index (χ4v) is 5.93. The van der Waals surface area contributed by atoms with Crippen LogP contribution in [0.2, 0.25) is 0 Å². The lowest BCUT2D eigenvalue weighted by atomic mass is 9.93. The minimum Gasteiger partial charge on any atom is -0.497 e. The van der Waals surface area contributed by atoms with Gasteiger partial charge in [0.1, 0.15) is 5.75 Å². The van der Waals surface area contributed by atoms with E-state index in [1.165, 1.54) is 51.6 Å². The molecule has 0 aliphatic heterocycles. The first-order chi connectivity index (χ1) is 15.9. The largest absolute Gasteiger partial charge is 0.497 e. The van der Waals surface area contributed by atoms with Crippen molar-refractivity contribution in [3.63, 3.8) is 0 Å². The molecule has 0 atom stereocenters. The summed E-state index contributed by atoms with van der Waals surface area (Å²) >= 11 is 0. The number of sulfonamides is 1. The molecule has 1 aliphatic rings. The molecule has 0 radical (unpaired) electrons. The van der Waals surface area contributed by atoms with Crippen molar-refractivity contribution >= 4 is 10.0 Å². The molecule has 1 aromatic carbocycles. The molecule has 1 fully saturated rings. The lowest BCUT2D eigenvalue weighted by Gasteiger charge is -2.34. The summed E-state index contributed by atoms with van der Waals surface area (Å²) in [5.74, 6) is 0.656. The van der Waals surface area contributed by atoms with Crippen LogP contribution >= 0.6 is 0 Å². The van der Waals surface area contributed by atoms with Crippen LogP contribution < -0.4 is 4.74 Å². The Kier molecular flexibility index (Phi) is 12.7. The van der Waals surface area contributed by atoms with Crippen LogP contribution in [0.4, 0.5) is 0 Å². The number of hydrogen-bond acceptors (Lipinski definition) is 5. The van der Waals surface area contributed by atoms with E-state index in [0.717, 1.165) is 38.7 Å². The Morgan fingerprint density at radius 1 is 0.879 bits per heavy atom. The van der Waals surface area contributed by atoms with Gasteiger partial charge in [0.25, 0.3) is 0 Å². The molecule has 7 heteroatoms. The van der Waals surface area contributed by atoms with Crippen molar-refractivity contribution in [2.75, 3.05) is 40.9 Å². The fraction of sp³-hybridized carbons (Fsp3) is 0.769. The van der Waals surface area contributed by atoms with Gasteiger partial charge in [-0.2, -0.15) is 4.31 Å². The molecule has 33 heavy (non-hydrogen) atoms. The molecule has 190 valence electrons. The third kappa shape index (κ3) is 9.55. The van der Waals surface area contributed by atoms with Crippen LogP contribution in [0.5, 0.6) is 5.75 Å². The van der Waals surface area contributed by atoms with Crippen LogP contribution in [-0.2, 0) is 14.8 Å². The van der Waals surface area contributed by atoms with Crippen LogP contribution in [0.1, 0.15) is 77.6 Å². The molecule has 0 heterocycles. The zero-order chi connectivity index (χ0) is 24.1. The van der Waals surface area contributed by atoms with E-state index in [-0.39, 0.29) is 12.1 Å². The summed E-state index contributed by atoms with van der Waals surface area (Å²) in [6, 6.07) is 6.65. The molecule has 0 aromatic heterocycles. The summed E-state index contributed by atoms with van der Waals surface area (Å²) in [5.41, 5.74) is 0. The molecule has 0 saturated heterocycles. The molecular weight excluding hydrogens is 436 g/mol. The lowest BCUT2D eigenvalue weighted by Crippen LogP contribution is -2.40. The average Bonchev–Trinajstić information content (AvgIpc) is 2.83. The molecule has 2 rings (SSSR count). The molecular formula is C26H46N2O4S. The Morgan fingerprint density at radius 2 is 1.48 bits per heavy atom. The topological polar surface area (TPSA) is 59.1 Å². The van der Waals surface area contributed by atoms with Crippen molar-refractivity contribution in [3.8, 4) is 5.75 Å². The molecule has 0 bridgehead atoms. The van der Waals surface area contributed by atoms with Crippen LogP contribution in [0, 0.1) is 0 Å². The second-order valence-electron chi connectivity index (χ2n) is 9.42. The van der Waals surface area contributed by atoms with Crippen molar-refractivity contribution in [1.82, 2.24) is 9.21 Å². The number of rotatable bonds is 16. The monoisotopic (exact) mass is 482 g/mol. The molecule has 1 aliphatic carbocycles. The quantitative estimate of drug-likeness (QED) is 0.298. The summed E-state index contributed by atoms with van der Waals surface area (Å²) < 4.78 is 38.7. The normalized spacial score (nSPS) is 19.3. The highest BCUT2D eigenvalue weighted by Gasteiger charge is 2.31. The third-order valence-corrected chi connectivity index (χ3v) is 8.75. The zero-order valence-corrected chi connectivity index (χ0v) is 22.1. The number of unbranched alkanes of at least 4 members (excludes halogenated alkanes) is 5. The minimum absolute atomic E-state index is 0.0336. The predicted molar refractivity (Wildman–Crippen MR) is 135 cm³/mol. The highest BCUT2D eigenvalue weighted by atomic mass is 32.2. The van der Waals surface area contributed by atoms with E-state index in [0.29, 0.717) is 10.6 Å². The van der Waals surface area contributed by atoms with Gasteiger partial charge in [-0.1, -0.05) is 32.6 Å². The van der Waals surface area contributed by atoms with E-state index in [2.05, 4.69) is 18.9 Å². The van der Waals surface area contributed by atoms with Crippen molar-refractivity contribution in [2.45, 2.75) is 94.6 Å². The molecule has 1 saturated carbocycles. The zero-order valence-electron chi connectivity index (χ0n) is 21.3. The fourth-order valence-electron chi connectivity index (χ4n) is 4.52. The van der Waals surface area contributed by atoms with Crippen molar-refractivity contribution < 1.29 is 17.9 Å². The van der Waals surface area contributed by atoms with E-state index < -0.39 is 10.0 Å². The maximum absolute atomic E-state index is 13.0. The van der Waals surface area contributed by atoms with Gasteiger partial charge in [-0.05, 0) is 89.3 Å². The van der Waals surface area contributed by atoms with Gasteiger partial charge in [-0.25, -0.2) is 8.42 Å². The van der Waals surface area contributed by atoms with Gasteiger partial charge < -0.3 is 14.4 Å². The van der Waals surface area contributed by atoms with Crippen molar-refractivity contribution in [3.05, 3.63) is 24.3 Å². The first kappa shape index (κ1) is 28.1. The Balaban J connectivity index is 1.59. The lowest BCUT2D eigenvalue weighted by molar-refractivity contribution is 0.0156. The van der Waals surface area contributed by atoms with Gasteiger partial charge in [0, 0.05) is 19.7 Å². The first-order valence-corrected chi connectivity index (χ1v) is 14.2. The number of ether oxygens (including phenoxy) is 2. The van der Waals surface area contributed by atoms with Gasteiger partial charge >= 0.3 is 0 Å². The number of hydrogen-bond donors (Lipinski definition) is 0. The summed E-state index contributed by atoms with van der Waals surface area (Å²) in [6.45, 7) is 5.49. The molecule has 0 N–H and O–H groups in total. The van der Waals surface area contributed by atoms with E-state index in [1.807, 2.05) is 0 Å². The van der Waals surface area contributed by atoms with Crippen LogP contribution in [-0.4, -0.2) is 70.7 Å². The van der Waals surface area contributed by atoms with E-state index in [1.54, 1.807) is 42.7 Å². The summed E-state index contributed by atoms with van der Waals surface area (Å²) in [5, 5.41) is 0. The Bertz CT molecular complexity index is 746. The Labute approximate surface area is 202 Å². The smallest absolute Gasteiger partial charge is 0.243 e. The van der Waals surface area contributed by atoms with Gasteiger partial charge in [0.2, 0.25) is 10.0 Å². The molecule has 6 nitrogen and oxygen atoms in total. The highest BCUT2D eigenvalue weighted by Crippen LogP contribution is 2.29. The summed E-state index contributed by atoms with van der Waals surface area (Å²) in [7, 11) is 2.02. The van der Waals surface area contributed by atoms with Crippen molar-refractivity contribution in [2.24, 2.45) is 0 Å². The van der Waals surface area contributed by atoms with Crippen LogP contribution in [0.15, 0.2) is 29.2 Å². The van der Waals surface area contributed by atoms with Crippen LogP contribution in [0.25, 0.3) is 0 Å². The number of methoxy groups -OCH3 is 1. The summed E-state index contributed by atoms with van der Waals surface area (Å²) in [4.78, 5) is 2.77. The second-order valence-corrected chi connectivity index (χ2v) is 11.4. The SMILES string of the molecule is CCCCCN(C)CCCCCCOC1CCC(N(C)S(=O)(=O)c2ccc(OC)cc2)CC1. The van der Waals surface area contributed by atoms with E-state index in [4.69, 9.17) is 9.47 Å². The predicted octanol–water partition coefficient (Wildman–Crippen LogP) is 5.33. The van der Waals surface area contributed by atoms with Gasteiger partial charge in [0.05, 0.1) is 18.1 Å². The third-order valence-electron chi connectivity index (χ3n) is 6.83. The maximum Gasteiger partial charge on any atom is 0.243 e. The van der Waals surface area contributed by atoms with Crippen molar-refractivity contribution in [1.29, 1.82) is 0 Å². The standard InChI is InChI=1S/C26H46N2O4S/c1-5-6-9-20-27(2)21-10-7-8-11-22-32-25-14-12-23(13-15-25)28(3)33(29,30)26-18-16-24(31-4)17-19-26/h16-19,23,25H,5-15,20-22H2,1-4H3. The molecule has 0 amide bonds. The maximum atomic E-state index is 13.0. The Morgan fingerprint density at radius 3 is 2.09 bits per heavy atom. The van der Waals surface area contributed by atoms with Crippen LogP contribution in [0.3, 0.4) is 0 Å².